The van der Waals surface area contributed by atoms with Gasteiger partial charge in [0.15, 0.2) is 0 Å². The molecule has 2 nitrogen and oxygen atoms in total. The van der Waals surface area contributed by atoms with E-state index in [1.54, 1.807) is 0 Å². The SMILES string of the molecule is C=C1CN(CC)CCCN1C. The third-order valence-electron chi connectivity index (χ3n) is 2.36. The largest absolute Gasteiger partial charge is 0.377 e. The number of nitrogens with zero attached hydrogens (tertiary/aromatic N) is 2. The predicted molar refractivity (Wildman–Crippen MR) is 48.5 cm³/mol. The average molecular weight is 154 g/mol. The van der Waals surface area contributed by atoms with E-state index in [2.05, 4.69) is 30.4 Å². The van der Waals surface area contributed by atoms with Crippen molar-refractivity contribution in [2.75, 3.05) is 33.2 Å². The molecule has 0 aromatic rings. The maximum absolute atomic E-state index is 4.04. The fraction of sp³-hybridized carbons (Fsp3) is 0.778. The van der Waals surface area contributed by atoms with Crippen LogP contribution in [0.5, 0.6) is 0 Å². The van der Waals surface area contributed by atoms with Gasteiger partial charge in [0.25, 0.3) is 0 Å². The minimum absolute atomic E-state index is 1.05. The molecule has 0 aliphatic carbocycles. The first-order chi connectivity index (χ1) is 5.24. The Morgan fingerprint density at radius 3 is 2.82 bits per heavy atom. The second-order valence-electron chi connectivity index (χ2n) is 3.21. The molecule has 1 heterocycles. The Morgan fingerprint density at radius 2 is 2.18 bits per heavy atom. The molecule has 0 atom stereocenters. The van der Waals surface area contributed by atoms with Crippen molar-refractivity contribution in [3.63, 3.8) is 0 Å². The third-order valence-corrected chi connectivity index (χ3v) is 2.36. The zero-order valence-corrected chi connectivity index (χ0v) is 7.64. The highest BCUT2D eigenvalue weighted by Gasteiger charge is 2.12. The van der Waals surface area contributed by atoms with E-state index < -0.39 is 0 Å². The molecular weight excluding hydrogens is 136 g/mol. The fourth-order valence-corrected chi connectivity index (χ4v) is 1.42. The van der Waals surface area contributed by atoms with Crippen molar-refractivity contribution < 1.29 is 0 Å². The van der Waals surface area contributed by atoms with Crippen LogP contribution in [0.25, 0.3) is 0 Å². The van der Waals surface area contributed by atoms with Crippen LogP contribution in [-0.2, 0) is 0 Å². The second-order valence-corrected chi connectivity index (χ2v) is 3.21. The first-order valence-corrected chi connectivity index (χ1v) is 4.35. The molecule has 1 rings (SSSR count). The summed E-state index contributed by atoms with van der Waals surface area (Å²) in [6, 6.07) is 0. The van der Waals surface area contributed by atoms with E-state index in [4.69, 9.17) is 0 Å². The second kappa shape index (κ2) is 3.77. The van der Waals surface area contributed by atoms with Crippen molar-refractivity contribution in [1.82, 2.24) is 9.80 Å². The highest BCUT2D eigenvalue weighted by atomic mass is 15.2. The molecule has 0 aromatic carbocycles. The predicted octanol–water partition coefficient (Wildman–Crippen LogP) is 1.16. The van der Waals surface area contributed by atoms with Crippen molar-refractivity contribution >= 4 is 0 Å². The van der Waals surface area contributed by atoms with E-state index in [1.165, 1.54) is 18.7 Å². The van der Waals surface area contributed by atoms with Gasteiger partial charge in [-0.25, -0.2) is 0 Å². The summed E-state index contributed by atoms with van der Waals surface area (Å²) in [5.74, 6) is 0. The summed E-state index contributed by atoms with van der Waals surface area (Å²) in [5.41, 5.74) is 1.25. The Kier molecular flexibility index (Phi) is 2.94. The monoisotopic (exact) mass is 154 g/mol. The summed E-state index contributed by atoms with van der Waals surface area (Å²) in [5, 5.41) is 0. The molecule has 0 bridgehead atoms. The van der Waals surface area contributed by atoms with Crippen molar-refractivity contribution in [1.29, 1.82) is 0 Å². The lowest BCUT2D eigenvalue weighted by Crippen LogP contribution is -2.26. The Morgan fingerprint density at radius 1 is 1.45 bits per heavy atom. The van der Waals surface area contributed by atoms with Gasteiger partial charge in [0, 0.05) is 32.4 Å². The lowest BCUT2D eigenvalue weighted by molar-refractivity contribution is 0.319. The van der Waals surface area contributed by atoms with E-state index in [9.17, 15) is 0 Å². The molecule has 0 unspecified atom stereocenters. The van der Waals surface area contributed by atoms with Gasteiger partial charge in [-0.1, -0.05) is 13.5 Å². The topological polar surface area (TPSA) is 6.48 Å². The van der Waals surface area contributed by atoms with E-state index in [0.717, 1.165) is 19.6 Å². The van der Waals surface area contributed by atoms with Crippen LogP contribution in [0, 0.1) is 0 Å². The summed E-state index contributed by atoms with van der Waals surface area (Å²) in [4.78, 5) is 4.70. The average Bonchev–Trinajstić information content (AvgIpc) is 2.15. The quantitative estimate of drug-likeness (QED) is 0.559. The van der Waals surface area contributed by atoms with E-state index >= 15 is 0 Å². The molecule has 0 N–H and O–H groups in total. The number of hydrogen-bond donors (Lipinski definition) is 0. The Bertz CT molecular complexity index is 142. The highest BCUT2D eigenvalue weighted by Crippen LogP contribution is 2.08. The van der Waals surface area contributed by atoms with Crippen LogP contribution < -0.4 is 0 Å². The van der Waals surface area contributed by atoms with Crippen LogP contribution >= 0.6 is 0 Å². The summed E-state index contributed by atoms with van der Waals surface area (Å²) in [7, 11) is 2.13. The molecule has 0 amide bonds. The van der Waals surface area contributed by atoms with Crippen molar-refractivity contribution in [3.8, 4) is 0 Å². The Balaban J connectivity index is 2.48. The number of hydrogen-bond acceptors (Lipinski definition) is 2. The molecule has 1 fully saturated rings. The van der Waals surface area contributed by atoms with Gasteiger partial charge in [0.05, 0.1) is 0 Å². The molecule has 2 heteroatoms. The first-order valence-electron chi connectivity index (χ1n) is 4.35. The molecule has 0 aromatic heterocycles. The first kappa shape index (κ1) is 8.60. The van der Waals surface area contributed by atoms with Gasteiger partial charge in [0.2, 0.25) is 0 Å². The van der Waals surface area contributed by atoms with Gasteiger partial charge in [-0.2, -0.15) is 0 Å². The number of rotatable bonds is 1. The van der Waals surface area contributed by atoms with E-state index in [1.807, 2.05) is 0 Å². The molecule has 11 heavy (non-hydrogen) atoms. The van der Waals surface area contributed by atoms with Crippen molar-refractivity contribution in [3.05, 3.63) is 12.3 Å². The normalized spacial score (nSPS) is 22.0. The molecule has 1 aliphatic rings. The van der Waals surface area contributed by atoms with Crippen LogP contribution in [0.3, 0.4) is 0 Å². The molecular formula is C9H18N2. The summed E-state index contributed by atoms with van der Waals surface area (Å²) in [6.45, 7) is 10.8. The van der Waals surface area contributed by atoms with Gasteiger partial charge in [-0.3, -0.25) is 4.90 Å². The summed E-state index contributed by atoms with van der Waals surface area (Å²) >= 11 is 0. The molecule has 0 saturated carbocycles. The fourth-order valence-electron chi connectivity index (χ4n) is 1.42. The van der Waals surface area contributed by atoms with Crippen LogP contribution in [0.1, 0.15) is 13.3 Å². The van der Waals surface area contributed by atoms with Crippen LogP contribution in [0.15, 0.2) is 12.3 Å². The zero-order chi connectivity index (χ0) is 8.27. The molecule has 1 aliphatic heterocycles. The Hall–Kier alpha value is -0.500. The maximum atomic E-state index is 4.04. The van der Waals surface area contributed by atoms with Crippen LogP contribution in [0.2, 0.25) is 0 Å². The Labute approximate surface area is 69.5 Å². The van der Waals surface area contributed by atoms with Crippen molar-refractivity contribution in [2.24, 2.45) is 0 Å². The lowest BCUT2D eigenvalue weighted by atomic mass is 10.4. The summed E-state index contributed by atoms with van der Waals surface area (Å²) < 4.78 is 0. The van der Waals surface area contributed by atoms with Crippen molar-refractivity contribution in [2.45, 2.75) is 13.3 Å². The minimum Gasteiger partial charge on any atom is -0.377 e. The molecule has 64 valence electrons. The van der Waals surface area contributed by atoms with Gasteiger partial charge in [-0.15, -0.1) is 0 Å². The molecule has 1 saturated heterocycles. The standard InChI is InChI=1S/C9H18N2/c1-4-11-7-5-6-10(3)9(2)8-11/h2,4-8H2,1,3H3. The van der Waals surface area contributed by atoms with Gasteiger partial charge in [0.1, 0.15) is 0 Å². The minimum atomic E-state index is 1.05. The third kappa shape index (κ3) is 2.22. The molecule has 0 spiro atoms. The van der Waals surface area contributed by atoms with E-state index in [0.29, 0.717) is 0 Å². The maximum Gasteiger partial charge on any atom is 0.0377 e. The lowest BCUT2D eigenvalue weighted by Gasteiger charge is -2.20. The van der Waals surface area contributed by atoms with Crippen LogP contribution in [-0.4, -0.2) is 43.0 Å². The zero-order valence-electron chi connectivity index (χ0n) is 7.64. The molecule has 0 radical (unpaired) electrons. The van der Waals surface area contributed by atoms with Gasteiger partial charge < -0.3 is 4.90 Å². The summed E-state index contributed by atoms with van der Waals surface area (Å²) in [6.07, 6.45) is 1.27. The number of likely N-dealkylation sites (N-methyl/N-ethyl adjacent to an activating group) is 2. The highest BCUT2D eigenvalue weighted by molar-refractivity contribution is 4.97. The van der Waals surface area contributed by atoms with Crippen LogP contribution in [0.4, 0.5) is 0 Å². The van der Waals surface area contributed by atoms with Gasteiger partial charge in [-0.05, 0) is 13.0 Å². The smallest absolute Gasteiger partial charge is 0.0377 e. The van der Waals surface area contributed by atoms with Gasteiger partial charge >= 0.3 is 0 Å². The van der Waals surface area contributed by atoms with E-state index in [-0.39, 0.29) is 0 Å².